The Morgan fingerprint density at radius 2 is 0.955 bits per heavy atom. The van der Waals surface area contributed by atoms with E-state index in [1.54, 1.807) is 0 Å². The molecule has 0 fully saturated rings. The van der Waals surface area contributed by atoms with Crippen molar-refractivity contribution in [3.8, 4) is 11.5 Å². The van der Waals surface area contributed by atoms with Gasteiger partial charge in [-0.15, -0.1) is 0 Å². The molecule has 1 aromatic carbocycles. The summed E-state index contributed by atoms with van der Waals surface area (Å²) in [4.78, 5) is 0. The molecule has 0 saturated carbocycles. The minimum atomic E-state index is 0.0284. The zero-order valence-corrected chi connectivity index (χ0v) is 16.1. The maximum Gasteiger partial charge on any atom is 0.127 e. The van der Waals surface area contributed by atoms with Crippen LogP contribution in [0.2, 0.25) is 0 Å². The van der Waals surface area contributed by atoms with Crippen molar-refractivity contribution in [2.75, 3.05) is 0 Å². The van der Waals surface area contributed by atoms with Crippen LogP contribution in [0, 0.1) is 0 Å². The molecule has 0 aliphatic carbocycles. The highest BCUT2D eigenvalue weighted by atomic mass is 16.5. The van der Waals surface area contributed by atoms with Crippen LogP contribution in [-0.4, -0.2) is 12.2 Å². The van der Waals surface area contributed by atoms with Gasteiger partial charge in [0.15, 0.2) is 0 Å². The van der Waals surface area contributed by atoms with E-state index in [0.29, 0.717) is 0 Å². The van der Waals surface area contributed by atoms with E-state index in [2.05, 4.69) is 81.4 Å². The molecule has 0 radical (unpaired) electrons. The highest BCUT2D eigenvalue weighted by Crippen LogP contribution is 2.41. The fourth-order valence-electron chi connectivity index (χ4n) is 2.44. The summed E-state index contributed by atoms with van der Waals surface area (Å²) in [5, 5.41) is 0. The molecule has 0 unspecified atom stereocenters. The third-order valence-corrected chi connectivity index (χ3v) is 3.42. The van der Waals surface area contributed by atoms with E-state index in [1.807, 2.05) is 0 Å². The van der Waals surface area contributed by atoms with Crippen molar-refractivity contribution in [2.45, 2.75) is 92.3 Å². The highest BCUT2D eigenvalue weighted by Gasteiger charge is 2.27. The summed E-state index contributed by atoms with van der Waals surface area (Å²) in [7, 11) is 0. The van der Waals surface area contributed by atoms with Gasteiger partial charge >= 0.3 is 0 Å². The van der Waals surface area contributed by atoms with E-state index in [-0.39, 0.29) is 23.0 Å². The first-order valence-corrected chi connectivity index (χ1v) is 8.34. The molecule has 0 spiro atoms. The Morgan fingerprint density at radius 3 is 1.18 bits per heavy atom. The average Bonchev–Trinajstić information content (AvgIpc) is 2.23. The lowest BCUT2D eigenvalue weighted by Gasteiger charge is -2.30. The predicted octanol–water partition coefficient (Wildman–Crippen LogP) is 5.86. The van der Waals surface area contributed by atoms with Crippen LogP contribution >= 0.6 is 0 Å². The Balaban J connectivity index is 3.56. The number of benzene rings is 1. The van der Waals surface area contributed by atoms with Crippen LogP contribution in [0.4, 0.5) is 0 Å². The van der Waals surface area contributed by atoms with Gasteiger partial charge < -0.3 is 9.47 Å². The van der Waals surface area contributed by atoms with Gasteiger partial charge in [0.25, 0.3) is 0 Å². The first-order chi connectivity index (χ1) is 9.82. The maximum absolute atomic E-state index is 6.08. The van der Waals surface area contributed by atoms with Crippen LogP contribution in [0.25, 0.3) is 0 Å². The van der Waals surface area contributed by atoms with E-state index in [9.17, 15) is 0 Å². The molecule has 126 valence electrons. The minimum Gasteiger partial charge on any atom is -0.491 e. The van der Waals surface area contributed by atoms with Crippen molar-refractivity contribution < 1.29 is 9.47 Å². The summed E-state index contributed by atoms with van der Waals surface area (Å²) in [6, 6.07) is 4.36. The fourth-order valence-corrected chi connectivity index (χ4v) is 2.44. The molecule has 0 bridgehead atoms. The molecule has 0 aromatic heterocycles. The van der Waals surface area contributed by atoms with Crippen LogP contribution in [0.15, 0.2) is 12.1 Å². The highest BCUT2D eigenvalue weighted by molar-refractivity contribution is 5.51. The second-order valence-electron chi connectivity index (χ2n) is 8.68. The molecule has 2 nitrogen and oxygen atoms in total. The van der Waals surface area contributed by atoms with Gasteiger partial charge in [-0.3, -0.25) is 0 Å². The maximum atomic E-state index is 6.08. The standard InChI is InChI=1S/C20H34O2/c1-13(2)21-17-12-18(22-14(3)4)16(20(8,9)10)11-15(17)19(5,6)7/h11-14H,1-10H3. The molecular formula is C20H34O2. The second kappa shape index (κ2) is 6.52. The average molecular weight is 306 g/mol. The summed E-state index contributed by atoms with van der Waals surface area (Å²) in [5.41, 5.74) is 2.53. The molecule has 0 aliphatic heterocycles. The molecule has 0 atom stereocenters. The van der Waals surface area contributed by atoms with Crippen LogP contribution in [0.5, 0.6) is 11.5 Å². The monoisotopic (exact) mass is 306 g/mol. The van der Waals surface area contributed by atoms with E-state index in [0.717, 1.165) is 11.5 Å². The third kappa shape index (κ3) is 4.93. The summed E-state index contributed by atoms with van der Waals surface area (Å²) in [6.45, 7) is 21.6. The molecule has 1 aromatic rings. The smallest absolute Gasteiger partial charge is 0.127 e. The Morgan fingerprint density at radius 1 is 0.636 bits per heavy atom. The van der Waals surface area contributed by atoms with E-state index >= 15 is 0 Å². The molecule has 22 heavy (non-hydrogen) atoms. The Kier molecular flexibility index (Phi) is 5.59. The van der Waals surface area contributed by atoms with Gasteiger partial charge in [0, 0.05) is 17.2 Å². The summed E-state index contributed by atoms with van der Waals surface area (Å²) in [5.74, 6) is 1.87. The first kappa shape index (κ1) is 18.9. The molecule has 0 saturated heterocycles. The predicted molar refractivity (Wildman–Crippen MR) is 95.4 cm³/mol. The quantitative estimate of drug-likeness (QED) is 0.694. The lowest BCUT2D eigenvalue weighted by molar-refractivity contribution is 0.222. The Bertz CT molecular complexity index is 456. The van der Waals surface area contributed by atoms with Crippen molar-refractivity contribution in [1.82, 2.24) is 0 Å². The van der Waals surface area contributed by atoms with Gasteiger partial charge in [-0.2, -0.15) is 0 Å². The van der Waals surface area contributed by atoms with Crippen molar-refractivity contribution >= 4 is 0 Å². The number of hydrogen-bond acceptors (Lipinski definition) is 2. The van der Waals surface area contributed by atoms with Crippen LogP contribution < -0.4 is 9.47 Å². The molecule has 0 N–H and O–H groups in total. The SMILES string of the molecule is CC(C)Oc1cc(OC(C)C)c(C(C)(C)C)cc1C(C)(C)C. The van der Waals surface area contributed by atoms with Gasteiger partial charge in [0.1, 0.15) is 11.5 Å². The van der Waals surface area contributed by atoms with E-state index < -0.39 is 0 Å². The molecule has 2 heteroatoms. The van der Waals surface area contributed by atoms with Crippen molar-refractivity contribution in [2.24, 2.45) is 0 Å². The number of rotatable bonds is 4. The van der Waals surface area contributed by atoms with E-state index in [1.165, 1.54) is 11.1 Å². The van der Waals surface area contributed by atoms with E-state index in [4.69, 9.17) is 9.47 Å². The zero-order valence-electron chi connectivity index (χ0n) is 16.1. The molecule has 1 rings (SSSR count). The van der Waals surface area contributed by atoms with Crippen molar-refractivity contribution in [1.29, 1.82) is 0 Å². The van der Waals surface area contributed by atoms with Gasteiger partial charge in [-0.1, -0.05) is 41.5 Å². The normalized spacial score (nSPS) is 12.9. The topological polar surface area (TPSA) is 18.5 Å². The van der Waals surface area contributed by atoms with Crippen LogP contribution in [0.3, 0.4) is 0 Å². The molecule has 0 aliphatic rings. The zero-order chi connectivity index (χ0) is 17.3. The Hall–Kier alpha value is -1.18. The van der Waals surface area contributed by atoms with Gasteiger partial charge in [0.05, 0.1) is 12.2 Å². The van der Waals surface area contributed by atoms with Gasteiger partial charge in [0.2, 0.25) is 0 Å². The van der Waals surface area contributed by atoms with Gasteiger partial charge in [-0.05, 0) is 44.6 Å². The number of hydrogen-bond donors (Lipinski definition) is 0. The molecular weight excluding hydrogens is 272 g/mol. The lowest BCUT2D eigenvalue weighted by atomic mass is 9.79. The third-order valence-electron chi connectivity index (χ3n) is 3.42. The lowest BCUT2D eigenvalue weighted by Crippen LogP contribution is -2.21. The van der Waals surface area contributed by atoms with Crippen molar-refractivity contribution in [3.05, 3.63) is 23.3 Å². The summed E-state index contributed by atoms with van der Waals surface area (Å²) < 4.78 is 12.2. The molecule has 0 amide bonds. The second-order valence-corrected chi connectivity index (χ2v) is 8.68. The van der Waals surface area contributed by atoms with Gasteiger partial charge in [-0.25, -0.2) is 0 Å². The molecule has 0 heterocycles. The Labute approximate surface area is 137 Å². The van der Waals surface area contributed by atoms with Crippen LogP contribution in [0.1, 0.15) is 80.4 Å². The number of ether oxygens (including phenoxy) is 2. The minimum absolute atomic E-state index is 0.0284. The van der Waals surface area contributed by atoms with Crippen LogP contribution in [-0.2, 0) is 10.8 Å². The van der Waals surface area contributed by atoms with Crippen molar-refractivity contribution in [3.63, 3.8) is 0 Å². The summed E-state index contributed by atoms with van der Waals surface area (Å²) in [6.07, 6.45) is 0.293. The first-order valence-electron chi connectivity index (χ1n) is 8.34. The largest absolute Gasteiger partial charge is 0.491 e. The summed E-state index contributed by atoms with van der Waals surface area (Å²) >= 11 is 0. The fraction of sp³-hybridized carbons (Fsp3) is 0.700.